The van der Waals surface area contributed by atoms with Crippen LogP contribution in [0.4, 0.5) is 13.2 Å². The van der Waals surface area contributed by atoms with Crippen molar-refractivity contribution in [3.05, 3.63) is 82.0 Å². The van der Waals surface area contributed by atoms with E-state index in [0.717, 1.165) is 37.1 Å². The summed E-state index contributed by atoms with van der Waals surface area (Å²) in [4.78, 5) is 17.4. The Morgan fingerprint density at radius 2 is 1.61 bits per heavy atom. The number of benzene rings is 2. The van der Waals surface area contributed by atoms with Gasteiger partial charge in [0.05, 0.1) is 6.54 Å². The average Bonchev–Trinajstić information content (AvgIpc) is 3.10. The molecular formula is C22H23F3N4O2. The second-order valence-corrected chi connectivity index (χ2v) is 7.70. The lowest BCUT2D eigenvalue weighted by atomic mass is 9.96. The van der Waals surface area contributed by atoms with E-state index < -0.39 is 6.36 Å². The lowest BCUT2D eigenvalue weighted by Crippen LogP contribution is -2.32. The largest absolute Gasteiger partial charge is 0.573 e. The van der Waals surface area contributed by atoms with Gasteiger partial charge in [-0.05, 0) is 49.2 Å². The molecule has 4 rings (SSSR count). The number of ether oxygens (including phenoxy) is 1. The molecule has 1 saturated heterocycles. The number of aromatic amines is 1. The molecule has 0 bridgehead atoms. The standard InChI is InChI=1S/C22H23F3N4O2/c23-22(24,25)31-19-8-6-17(7-9-19)14-28-12-10-18(11-13-28)20-26-21(30)29(27-20)15-16-4-2-1-3-5-16/h1-9,18H,10-15H2,(H,26,27,30). The summed E-state index contributed by atoms with van der Waals surface area (Å²) in [6.07, 6.45) is -2.97. The van der Waals surface area contributed by atoms with Gasteiger partial charge in [0.1, 0.15) is 11.6 Å². The summed E-state index contributed by atoms with van der Waals surface area (Å²) < 4.78 is 42.2. The van der Waals surface area contributed by atoms with Crippen molar-refractivity contribution in [3.8, 4) is 5.75 Å². The summed E-state index contributed by atoms with van der Waals surface area (Å²) in [5.74, 6) is 0.683. The van der Waals surface area contributed by atoms with Crippen LogP contribution in [-0.2, 0) is 13.1 Å². The highest BCUT2D eigenvalue weighted by Crippen LogP contribution is 2.27. The van der Waals surface area contributed by atoms with Crippen LogP contribution < -0.4 is 10.4 Å². The molecule has 1 fully saturated rings. The maximum Gasteiger partial charge on any atom is 0.573 e. The van der Waals surface area contributed by atoms with Crippen molar-refractivity contribution < 1.29 is 17.9 Å². The lowest BCUT2D eigenvalue weighted by Gasteiger charge is -2.30. The third kappa shape index (κ3) is 5.75. The van der Waals surface area contributed by atoms with E-state index >= 15 is 0 Å². The molecule has 9 heteroatoms. The number of H-pyrrole nitrogens is 1. The van der Waals surface area contributed by atoms with Gasteiger partial charge in [0.25, 0.3) is 0 Å². The fourth-order valence-electron chi connectivity index (χ4n) is 3.84. The predicted molar refractivity (Wildman–Crippen MR) is 109 cm³/mol. The van der Waals surface area contributed by atoms with Crippen LogP contribution in [0.25, 0.3) is 0 Å². The summed E-state index contributed by atoms with van der Waals surface area (Å²) in [7, 11) is 0. The number of nitrogens with zero attached hydrogens (tertiary/aromatic N) is 3. The molecule has 2 heterocycles. The number of hydrogen-bond donors (Lipinski definition) is 1. The Labute approximate surface area is 177 Å². The number of alkyl halides is 3. The monoisotopic (exact) mass is 432 g/mol. The molecule has 1 aliphatic rings. The van der Waals surface area contributed by atoms with Gasteiger partial charge in [-0.15, -0.1) is 13.2 Å². The highest BCUT2D eigenvalue weighted by Gasteiger charge is 2.31. The molecule has 3 aromatic rings. The Morgan fingerprint density at radius 3 is 2.26 bits per heavy atom. The van der Waals surface area contributed by atoms with E-state index in [1.165, 1.54) is 16.8 Å². The van der Waals surface area contributed by atoms with Gasteiger partial charge in [-0.1, -0.05) is 42.5 Å². The van der Waals surface area contributed by atoms with Gasteiger partial charge in [0.15, 0.2) is 0 Å². The van der Waals surface area contributed by atoms with Crippen LogP contribution in [0, 0.1) is 0 Å². The first-order valence-corrected chi connectivity index (χ1v) is 10.1. The van der Waals surface area contributed by atoms with Crippen LogP contribution >= 0.6 is 0 Å². The van der Waals surface area contributed by atoms with E-state index in [0.29, 0.717) is 18.9 Å². The smallest absolute Gasteiger partial charge is 0.406 e. The average molecular weight is 432 g/mol. The minimum absolute atomic E-state index is 0.184. The molecule has 0 saturated carbocycles. The van der Waals surface area contributed by atoms with Gasteiger partial charge in [0.2, 0.25) is 0 Å². The fraction of sp³-hybridized carbons (Fsp3) is 0.364. The van der Waals surface area contributed by atoms with E-state index in [9.17, 15) is 18.0 Å². The Hall–Kier alpha value is -3.07. The third-order valence-corrected chi connectivity index (χ3v) is 5.41. The summed E-state index contributed by atoms with van der Waals surface area (Å²) in [6, 6.07) is 15.7. The summed E-state index contributed by atoms with van der Waals surface area (Å²) in [6.45, 7) is 2.72. The molecular weight excluding hydrogens is 409 g/mol. The third-order valence-electron chi connectivity index (χ3n) is 5.41. The van der Waals surface area contributed by atoms with Crippen LogP contribution in [0.2, 0.25) is 0 Å². The SMILES string of the molecule is O=c1[nH]c(C2CCN(Cc3ccc(OC(F)(F)F)cc3)CC2)nn1Cc1ccccc1. The minimum atomic E-state index is -4.68. The van der Waals surface area contributed by atoms with Gasteiger partial charge in [0, 0.05) is 12.5 Å². The van der Waals surface area contributed by atoms with E-state index in [-0.39, 0.29) is 17.4 Å². The highest BCUT2D eigenvalue weighted by molar-refractivity contribution is 5.27. The van der Waals surface area contributed by atoms with Crippen molar-refractivity contribution in [2.75, 3.05) is 13.1 Å². The number of halogens is 3. The van der Waals surface area contributed by atoms with Crippen molar-refractivity contribution in [2.24, 2.45) is 0 Å². The van der Waals surface area contributed by atoms with Crippen molar-refractivity contribution in [3.63, 3.8) is 0 Å². The fourth-order valence-corrected chi connectivity index (χ4v) is 3.84. The Bertz CT molecular complexity index is 1040. The number of piperidine rings is 1. The molecule has 1 aromatic heterocycles. The zero-order valence-electron chi connectivity index (χ0n) is 16.8. The number of rotatable bonds is 6. The number of hydrogen-bond acceptors (Lipinski definition) is 4. The second-order valence-electron chi connectivity index (χ2n) is 7.70. The van der Waals surface area contributed by atoms with Crippen LogP contribution in [0.15, 0.2) is 59.4 Å². The Morgan fingerprint density at radius 1 is 0.968 bits per heavy atom. The topological polar surface area (TPSA) is 63.1 Å². The first kappa shape index (κ1) is 21.2. The molecule has 1 aliphatic heterocycles. The molecule has 0 atom stereocenters. The zero-order valence-corrected chi connectivity index (χ0v) is 16.8. The molecule has 31 heavy (non-hydrogen) atoms. The van der Waals surface area contributed by atoms with E-state index in [1.807, 2.05) is 30.3 Å². The van der Waals surface area contributed by atoms with Crippen molar-refractivity contribution in [1.82, 2.24) is 19.7 Å². The van der Waals surface area contributed by atoms with Crippen LogP contribution in [0.3, 0.4) is 0 Å². The van der Waals surface area contributed by atoms with Crippen molar-refractivity contribution in [2.45, 2.75) is 38.2 Å². The second kappa shape index (κ2) is 8.97. The maximum absolute atomic E-state index is 12.3. The predicted octanol–water partition coefficient (Wildman–Crippen LogP) is 3.90. The molecule has 6 nitrogen and oxygen atoms in total. The molecule has 1 N–H and O–H groups in total. The normalized spacial score (nSPS) is 15.8. The number of aromatic nitrogens is 3. The van der Waals surface area contributed by atoms with Crippen LogP contribution in [0.5, 0.6) is 5.75 Å². The number of likely N-dealkylation sites (tertiary alicyclic amines) is 1. The highest BCUT2D eigenvalue weighted by atomic mass is 19.4. The zero-order chi connectivity index (χ0) is 21.8. The van der Waals surface area contributed by atoms with Gasteiger partial charge in [-0.3, -0.25) is 9.88 Å². The summed E-state index contributed by atoms with van der Waals surface area (Å²) >= 11 is 0. The molecule has 0 spiro atoms. The van der Waals surface area contributed by atoms with Crippen LogP contribution in [0.1, 0.15) is 35.7 Å². The first-order chi connectivity index (χ1) is 14.9. The van der Waals surface area contributed by atoms with Crippen LogP contribution in [-0.4, -0.2) is 39.1 Å². The Balaban J connectivity index is 1.31. The van der Waals surface area contributed by atoms with Gasteiger partial charge < -0.3 is 4.74 Å². The summed E-state index contributed by atoms with van der Waals surface area (Å²) in [5.41, 5.74) is 1.74. The van der Waals surface area contributed by atoms with E-state index in [4.69, 9.17) is 0 Å². The first-order valence-electron chi connectivity index (χ1n) is 10.1. The molecule has 0 unspecified atom stereocenters. The van der Waals surface area contributed by atoms with Gasteiger partial charge >= 0.3 is 12.1 Å². The Kier molecular flexibility index (Phi) is 6.13. The maximum atomic E-state index is 12.3. The van der Waals surface area contributed by atoms with Gasteiger partial charge in [-0.25, -0.2) is 9.48 Å². The molecule has 164 valence electrons. The molecule has 0 radical (unpaired) electrons. The quantitative estimate of drug-likeness (QED) is 0.642. The molecule has 0 aliphatic carbocycles. The van der Waals surface area contributed by atoms with Gasteiger partial charge in [-0.2, -0.15) is 5.10 Å². The number of nitrogens with one attached hydrogen (secondary N) is 1. The molecule has 2 aromatic carbocycles. The van der Waals surface area contributed by atoms with E-state index in [2.05, 4.69) is 19.7 Å². The van der Waals surface area contributed by atoms with E-state index in [1.54, 1.807) is 12.1 Å². The van der Waals surface area contributed by atoms with Crippen molar-refractivity contribution in [1.29, 1.82) is 0 Å². The summed E-state index contributed by atoms with van der Waals surface area (Å²) in [5, 5.41) is 4.50. The molecule has 0 amide bonds. The lowest BCUT2D eigenvalue weighted by molar-refractivity contribution is -0.274. The van der Waals surface area contributed by atoms with Crippen molar-refractivity contribution >= 4 is 0 Å². The minimum Gasteiger partial charge on any atom is -0.406 e.